The third kappa shape index (κ3) is 4.50. The van der Waals surface area contributed by atoms with Crippen molar-refractivity contribution in [2.45, 2.75) is 12.4 Å². The lowest BCUT2D eigenvalue weighted by atomic mass is 10.0. The molecule has 0 aliphatic heterocycles. The monoisotopic (exact) mass is 505 g/mol. The van der Waals surface area contributed by atoms with E-state index in [0.717, 1.165) is 0 Å². The first-order valence-corrected chi connectivity index (χ1v) is 8.17. The van der Waals surface area contributed by atoms with Crippen LogP contribution in [0.25, 0.3) is 0 Å². The van der Waals surface area contributed by atoms with Crippen molar-refractivity contribution >= 4 is 43.5 Å². The summed E-state index contributed by atoms with van der Waals surface area (Å²) in [6, 6.07) is 2.97. The molecule has 26 heavy (non-hydrogen) atoms. The van der Waals surface area contributed by atoms with E-state index >= 15 is 0 Å². The smallest absolute Gasteiger partial charge is 0.417 e. The van der Waals surface area contributed by atoms with Gasteiger partial charge in [-0.1, -0.05) is 0 Å². The van der Waals surface area contributed by atoms with Crippen LogP contribution in [0.5, 0.6) is 5.75 Å². The molecule has 0 unspecified atom stereocenters. The molecule has 0 radical (unpaired) electrons. The molecule has 11 heteroatoms. The summed E-state index contributed by atoms with van der Waals surface area (Å²) in [5, 5.41) is 11.7. The van der Waals surface area contributed by atoms with Crippen LogP contribution >= 0.6 is 31.9 Å². The minimum Gasteiger partial charge on any atom is -0.506 e. The van der Waals surface area contributed by atoms with Crippen molar-refractivity contribution in [3.8, 4) is 5.75 Å². The second kappa shape index (κ2) is 7.10. The molecule has 0 saturated carbocycles. The number of phenolic OH excluding ortho intramolecular Hbond substituents is 1. The van der Waals surface area contributed by atoms with Gasteiger partial charge < -0.3 is 10.4 Å². The molecule has 0 atom stereocenters. The first-order chi connectivity index (χ1) is 11.8. The van der Waals surface area contributed by atoms with Crippen molar-refractivity contribution in [2.75, 3.05) is 5.32 Å². The highest BCUT2D eigenvalue weighted by Gasteiger charge is 2.38. The van der Waals surface area contributed by atoms with Crippen molar-refractivity contribution < 1.29 is 36.2 Å². The molecular formula is C15H7Br2F6NO2. The highest BCUT2D eigenvalue weighted by atomic mass is 79.9. The van der Waals surface area contributed by atoms with Crippen LogP contribution in [0.3, 0.4) is 0 Å². The third-order valence-electron chi connectivity index (χ3n) is 3.17. The Labute approximate surface area is 159 Å². The molecule has 0 aliphatic carbocycles. The van der Waals surface area contributed by atoms with E-state index in [1.54, 1.807) is 0 Å². The Morgan fingerprint density at radius 1 is 0.923 bits per heavy atom. The summed E-state index contributed by atoms with van der Waals surface area (Å²) >= 11 is 5.93. The zero-order chi connectivity index (χ0) is 19.9. The Morgan fingerprint density at radius 2 is 1.46 bits per heavy atom. The van der Waals surface area contributed by atoms with Crippen molar-refractivity contribution in [2.24, 2.45) is 0 Å². The quantitative estimate of drug-likeness (QED) is 0.376. The van der Waals surface area contributed by atoms with Gasteiger partial charge in [0.05, 0.1) is 25.6 Å². The molecule has 2 rings (SSSR count). The van der Waals surface area contributed by atoms with Gasteiger partial charge >= 0.3 is 12.4 Å². The van der Waals surface area contributed by atoms with Crippen molar-refractivity contribution in [3.63, 3.8) is 0 Å². The van der Waals surface area contributed by atoms with Crippen LogP contribution in [0.15, 0.2) is 39.3 Å². The number of amides is 1. The summed E-state index contributed by atoms with van der Waals surface area (Å²) in [6.07, 6.45) is -9.93. The lowest BCUT2D eigenvalue weighted by Gasteiger charge is -2.16. The van der Waals surface area contributed by atoms with Crippen molar-refractivity contribution in [1.82, 2.24) is 0 Å². The molecular weight excluding hydrogens is 500 g/mol. The van der Waals surface area contributed by atoms with Gasteiger partial charge in [-0.05, 0) is 62.2 Å². The van der Waals surface area contributed by atoms with E-state index in [-0.39, 0.29) is 38.6 Å². The molecule has 140 valence electrons. The topological polar surface area (TPSA) is 49.3 Å². The lowest BCUT2D eigenvalue weighted by Crippen LogP contribution is -2.20. The van der Waals surface area contributed by atoms with Gasteiger partial charge in [-0.25, -0.2) is 0 Å². The Hall–Kier alpha value is -1.75. The van der Waals surface area contributed by atoms with Crippen LogP contribution in [0, 0.1) is 0 Å². The predicted octanol–water partition coefficient (Wildman–Crippen LogP) is 6.21. The standard InChI is InChI=1S/C15H7Br2F6NO2/c16-10-4-7(5-11(17)12(10)25)24-13(26)8-3-6(14(18,19)20)1-2-9(8)15(21,22)23/h1-5,25H,(H,24,26). The number of carbonyl (C=O) groups is 1. The summed E-state index contributed by atoms with van der Waals surface area (Å²) in [5.74, 6) is -1.61. The number of anilines is 1. The summed E-state index contributed by atoms with van der Waals surface area (Å²) in [6.45, 7) is 0. The number of benzene rings is 2. The molecule has 0 aromatic heterocycles. The minimum absolute atomic E-state index is 0.0444. The second-order valence-corrected chi connectivity index (χ2v) is 6.71. The van der Waals surface area contributed by atoms with E-state index in [4.69, 9.17) is 0 Å². The van der Waals surface area contributed by atoms with Crippen molar-refractivity contribution in [3.05, 3.63) is 56.0 Å². The Morgan fingerprint density at radius 3 is 1.92 bits per heavy atom. The normalized spacial score (nSPS) is 12.2. The van der Waals surface area contributed by atoms with Crippen LogP contribution in [0.2, 0.25) is 0 Å². The van der Waals surface area contributed by atoms with E-state index in [0.29, 0.717) is 0 Å². The molecule has 3 nitrogen and oxygen atoms in total. The summed E-state index contributed by atoms with van der Waals surface area (Å²) < 4.78 is 77.7. The van der Waals surface area contributed by atoms with Crippen molar-refractivity contribution in [1.29, 1.82) is 0 Å². The summed E-state index contributed by atoms with van der Waals surface area (Å²) in [4.78, 5) is 12.2. The van der Waals surface area contributed by atoms with Gasteiger partial charge in [0.2, 0.25) is 0 Å². The molecule has 0 heterocycles. The van der Waals surface area contributed by atoms with E-state index in [9.17, 15) is 36.2 Å². The number of rotatable bonds is 2. The molecule has 0 saturated heterocycles. The zero-order valence-electron chi connectivity index (χ0n) is 12.3. The fraction of sp³-hybridized carbons (Fsp3) is 0.133. The summed E-state index contributed by atoms with van der Waals surface area (Å²) in [5.41, 5.74) is -4.10. The average molecular weight is 507 g/mol. The van der Waals surface area contributed by atoms with Gasteiger partial charge in [-0.15, -0.1) is 0 Å². The van der Waals surface area contributed by atoms with Gasteiger partial charge in [-0.2, -0.15) is 26.3 Å². The van der Waals surface area contributed by atoms with E-state index < -0.39 is 35.0 Å². The van der Waals surface area contributed by atoms with Gasteiger partial charge in [-0.3, -0.25) is 4.79 Å². The Bertz CT molecular complexity index is 841. The SMILES string of the molecule is O=C(Nc1cc(Br)c(O)c(Br)c1)c1cc(C(F)(F)F)ccc1C(F)(F)F. The van der Waals surface area contributed by atoms with Crippen LogP contribution in [-0.4, -0.2) is 11.0 Å². The fourth-order valence-corrected chi connectivity index (χ4v) is 3.18. The summed E-state index contributed by atoms with van der Waals surface area (Å²) in [7, 11) is 0. The zero-order valence-corrected chi connectivity index (χ0v) is 15.4. The highest BCUT2D eigenvalue weighted by molar-refractivity contribution is 9.11. The van der Waals surface area contributed by atoms with E-state index in [1.165, 1.54) is 12.1 Å². The Balaban J connectivity index is 2.49. The number of phenols is 1. The average Bonchev–Trinajstić information content (AvgIpc) is 2.50. The van der Waals surface area contributed by atoms with Crippen LogP contribution in [-0.2, 0) is 12.4 Å². The fourth-order valence-electron chi connectivity index (χ4n) is 1.99. The number of aromatic hydroxyl groups is 1. The number of hydrogen-bond donors (Lipinski definition) is 2. The predicted molar refractivity (Wildman–Crippen MR) is 87.9 cm³/mol. The maximum atomic E-state index is 13.0. The first kappa shape index (κ1) is 20.6. The molecule has 0 aliphatic rings. The Kier molecular flexibility index (Phi) is 5.62. The molecule has 0 bridgehead atoms. The molecule has 2 aromatic carbocycles. The maximum Gasteiger partial charge on any atom is 0.417 e. The van der Waals surface area contributed by atoms with Gasteiger partial charge in [0, 0.05) is 5.69 Å². The minimum atomic E-state index is -5.02. The lowest BCUT2D eigenvalue weighted by molar-refractivity contribution is -0.141. The molecule has 0 spiro atoms. The molecule has 2 aromatic rings. The largest absolute Gasteiger partial charge is 0.506 e. The van der Waals surface area contributed by atoms with Crippen LogP contribution in [0.1, 0.15) is 21.5 Å². The third-order valence-corrected chi connectivity index (χ3v) is 4.38. The first-order valence-electron chi connectivity index (χ1n) is 6.58. The molecule has 0 fully saturated rings. The van der Waals surface area contributed by atoms with E-state index in [1.807, 2.05) is 0 Å². The maximum absolute atomic E-state index is 13.0. The number of nitrogens with one attached hydrogen (secondary N) is 1. The molecule has 2 N–H and O–H groups in total. The number of carbonyl (C=O) groups excluding carboxylic acids is 1. The van der Waals surface area contributed by atoms with Gasteiger partial charge in [0.25, 0.3) is 5.91 Å². The number of halogens is 8. The number of alkyl halides is 6. The van der Waals surface area contributed by atoms with Gasteiger partial charge in [0.15, 0.2) is 0 Å². The highest BCUT2D eigenvalue weighted by Crippen LogP contribution is 2.38. The van der Waals surface area contributed by atoms with Crippen LogP contribution < -0.4 is 5.32 Å². The van der Waals surface area contributed by atoms with Gasteiger partial charge in [0.1, 0.15) is 5.75 Å². The van der Waals surface area contributed by atoms with E-state index in [2.05, 4.69) is 37.2 Å². The molecule has 1 amide bonds. The van der Waals surface area contributed by atoms with Crippen LogP contribution in [0.4, 0.5) is 32.0 Å². The number of hydrogen-bond acceptors (Lipinski definition) is 2. The second-order valence-electron chi connectivity index (χ2n) is 5.00.